The van der Waals surface area contributed by atoms with Crippen molar-refractivity contribution in [3.05, 3.63) is 35.4 Å². The molecule has 1 aromatic carbocycles. The Bertz CT molecular complexity index is 4310. The molecule has 3 heterocycles. The van der Waals surface area contributed by atoms with Crippen molar-refractivity contribution in [2.45, 2.75) is 322 Å². The number of fused-ring (bicyclic) bond motifs is 4. The zero-order chi connectivity index (χ0) is 90.2. The lowest BCUT2D eigenvalue weighted by atomic mass is 9.53. The van der Waals surface area contributed by atoms with Crippen LogP contribution in [0.25, 0.3) is 0 Å². The third-order valence-electron chi connectivity index (χ3n) is 31.0. The minimum atomic E-state index is -1.20. The molecule has 17 rings (SSSR count). The minimum absolute atomic E-state index is 0.0476. The van der Waals surface area contributed by atoms with Gasteiger partial charge in [-0.15, -0.1) is 46.4 Å². The number of nitrogens with two attached hydrogens (primary N) is 3. The molecule has 0 spiro atoms. The van der Waals surface area contributed by atoms with Crippen molar-refractivity contribution in [1.82, 2.24) is 62.6 Å². The predicted molar refractivity (Wildman–Crippen MR) is 467 cm³/mol. The molecule has 0 aromatic heterocycles. The first-order chi connectivity index (χ1) is 58.8. The Morgan fingerprint density at radius 1 is 0.440 bits per heavy atom. The van der Waals surface area contributed by atoms with Gasteiger partial charge in [-0.25, -0.2) is 14.4 Å². The Hall–Kier alpha value is -7.57. The summed E-state index contributed by atoms with van der Waals surface area (Å²) in [7, 11) is 0. The molecule has 4 bridgehead atoms. The number of rotatable bonds is 28. The quantitative estimate of drug-likeness (QED) is 0.0283. The molecule has 15 fully saturated rings. The Kier molecular flexibility index (Phi) is 27.5. The number of piperidine rings is 3. The number of likely N-dealkylation sites (tertiary alicyclic amines) is 3. The molecule has 34 heteroatoms. The molecule has 688 valence electrons. The normalized spacial score (nSPS) is 30.7. The second-order valence-electron chi connectivity index (χ2n) is 42.7. The van der Waals surface area contributed by atoms with Crippen LogP contribution in [0.1, 0.15) is 240 Å². The van der Waals surface area contributed by atoms with Crippen molar-refractivity contribution >= 4 is 135 Å². The van der Waals surface area contributed by atoms with E-state index >= 15 is 0 Å². The third-order valence-corrected chi connectivity index (χ3v) is 33.2. The highest BCUT2D eigenvalue weighted by molar-refractivity contribution is 6.52. The number of nitrogens with zero attached hydrogens (tertiary/aromatic N) is 3. The first-order valence-corrected chi connectivity index (χ1v) is 47.7. The van der Waals surface area contributed by atoms with Crippen LogP contribution in [0.4, 0.5) is 14.4 Å². The van der Waals surface area contributed by atoms with Crippen LogP contribution in [0.5, 0.6) is 0 Å². The Morgan fingerprint density at radius 2 is 0.824 bits per heavy atom. The van der Waals surface area contributed by atoms with Crippen LogP contribution >= 0.6 is 46.4 Å². The molecule has 0 radical (unpaired) electrons. The average Bonchev–Trinajstić information content (AvgIpc) is 1.54. The number of Topliss-reactive ketones (excluding diaryl/α,β-unsaturated/α-hetero) is 3. The molecule has 3 saturated heterocycles. The van der Waals surface area contributed by atoms with Crippen molar-refractivity contribution in [1.29, 1.82) is 0 Å². The molecule has 13 aliphatic carbocycles. The maximum Gasteiger partial charge on any atom is 0.315 e. The van der Waals surface area contributed by atoms with Gasteiger partial charge in [-0.3, -0.25) is 57.5 Å². The van der Waals surface area contributed by atoms with Gasteiger partial charge in [-0.2, -0.15) is 0 Å². The van der Waals surface area contributed by atoms with E-state index in [1.54, 1.807) is 4.90 Å². The zero-order valence-electron chi connectivity index (χ0n) is 73.5. The molecule has 15 amide bonds. The number of urea groups is 3. The number of halogens is 4. The van der Waals surface area contributed by atoms with Gasteiger partial charge in [-0.1, -0.05) is 149 Å². The summed E-state index contributed by atoms with van der Waals surface area (Å²) in [6, 6.07) is -1.70. The van der Waals surface area contributed by atoms with Crippen LogP contribution in [0.15, 0.2) is 24.3 Å². The number of amides is 15. The fourth-order valence-corrected chi connectivity index (χ4v) is 25.6. The summed E-state index contributed by atoms with van der Waals surface area (Å²) < 4.78 is -2.36. The maximum atomic E-state index is 14.3. The second kappa shape index (κ2) is 36.8. The fraction of sp³-hybridized carbons (Fsp3) is 0.769. The number of primary amides is 3. The number of carbonyl (C=O) groups is 15. The number of carbonyl (C=O) groups excluding carboxylic acids is 15. The molecule has 3 unspecified atom stereocenters. The second-order valence-corrected chi connectivity index (χ2v) is 45.6. The summed E-state index contributed by atoms with van der Waals surface area (Å²) in [4.78, 5) is 202. The number of ketones is 3. The molecule has 15 atom stereocenters. The molecule has 30 nitrogen and oxygen atoms in total. The Labute approximate surface area is 752 Å². The lowest BCUT2D eigenvalue weighted by Crippen LogP contribution is -2.65. The van der Waals surface area contributed by atoms with Gasteiger partial charge in [0, 0.05) is 60.4 Å². The molecule has 15 N–H and O–H groups in total. The zero-order valence-corrected chi connectivity index (χ0v) is 76.5. The van der Waals surface area contributed by atoms with Crippen LogP contribution in [-0.2, 0) is 70.4 Å². The van der Waals surface area contributed by atoms with Crippen LogP contribution in [0, 0.1) is 93.7 Å². The topological polar surface area (TPSA) is 452 Å². The number of hydrogen-bond acceptors (Lipinski definition) is 15. The smallest absolute Gasteiger partial charge is 0.315 e. The Balaban J connectivity index is 0.000000152. The first-order valence-electron chi connectivity index (χ1n) is 46.2. The summed E-state index contributed by atoms with van der Waals surface area (Å²) in [5.41, 5.74) is 16.7. The highest BCUT2D eigenvalue weighted by Crippen LogP contribution is 2.68. The number of nitrogens with one attached hydrogen (secondary N) is 9. The van der Waals surface area contributed by atoms with Gasteiger partial charge in [0.05, 0.1) is 18.1 Å². The van der Waals surface area contributed by atoms with Gasteiger partial charge in [-0.05, 0) is 198 Å². The van der Waals surface area contributed by atoms with Crippen LogP contribution in [0.2, 0.25) is 0 Å². The highest BCUT2D eigenvalue weighted by Gasteiger charge is 2.76. The van der Waals surface area contributed by atoms with Crippen LogP contribution in [-0.4, -0.2) is 203 Å². The van der Waals surface area contributed by atoms with E-state index in [0.29, 0.717) is 56.4 Å². The Morgan fingerprint density at radius 3 is 1.22 bits per heavy atom. The molecule has 12 saturated carbocycles. The maximum absolute atomic E-state index is 14.3. The van der Waals surface area contributed by atoms with Crippen LogP contribution < -0.4 is 65.1 Å². The molecule has 1 aromatic rings. The minimum Gasteiger partial charge on any atom is -0.363 e. The van der Waals surface area contributed by atoms with E-state index in [1.165, 1.54) is 35.5 Å². The van der Waals surface area contributed by atoms with E-state index in [-0.39, 0.29) is 107 Å². The van der Waals surface area contributed by atoms with Gasteiger partial charge in [0.25, 0.3) is 17.7 Å². The summed E-state index contributed by atoms with van der Waals surface area (Å²) in [5, 5.41) is 26.4. The molecular weight excluding hydrogens is 1680 g/mol. The van der Waals surface area contributed by atoms with E-state index < -0.39 is 151 Å². The molecular formula is C91H131Cl4N15O15. The average molecular weight is 1820 g/mol. The van der Waals surface area contributed by atoms with Gasteiger partial charge in [0.15, 0.2) is 0 Å². The van der Waals surface area contributed by atoms with Crippen LogP contribution in [0.3, 0.4) is 0 Å². The molecule has 16 aliphatic rings. The summed E-state index contributed by atoms with van der Waals surface area (Å²) in [5.74, 6) is -7.59. The van der Waals surface area contributed by atoms with Gasteiger partial charge < -0.3 is 79.8 Å². The standard InChI is InChI=1S/C33H51N5O5.C29H37Cl2N5O5.C29H43Cl2N5O5/c1-31(2,3)26(36-30(43)37-33-13-18-9-19(14-33)11-20(10-18)15-33)29(42)38-16-21-23(32(21,4)5)24(38)28(41)35-22(25(39)27(34)40)12-17-7-6-8-17;1-28(2,3)35-27(41)34-21(17-11-15-6-4-5-7-16(15)12-17)26(40)36-13-18-20(29(18,30)31)22(36)25(39)33-19(10-14-8-9-14)23(37)24(32)38;30-29(31)19-15-36(23(21(19)29)26(39)34-20(24(37)25(32)38)14-16-8-7-9-16)27(40)22(17-10-3-1-4-11-17)35-28(41)33-18-12-5-2-6-13-18/h17-24,26H,6-16H2,1-5H3,(H2,34,40)(H,35,41)(H2,36,37,43);4-7,14,17-22H,8-13H2,1-3H3,(H2,32,38)(H,33,39)(H2,34,35,41);16-23H,1-15H2,(H2,32,38)(H,34,39)(H2,33,35,41)/t18?,19?,20?,21-,22?,23-,24-,26+,33?;18-,19?,20-,21-,22-;19-,20?,21-,22-,23-/m000/s1. The van der Waals surface area contributed by atoms with E-state index in [9.17, 15) is 71.9 Å². The van der Waals surface area contributed by atoms with Crippen molar-refractivity contribution < 1.29 is 71.9 Å². The molecule has 125 heavy (non-hydrogen) atoms. The summed E-state index contributed by atoms with van der Waals surface area (Å²) >= 11 is 26.1. The van der Waals surface area contributed by atoms with E-state index in [2.05, 4.69) is 61.7 Å². The summed E-state index contributed by atoms with van der Waals surface area (Å²) in [6.45, 7) is 16.2. The van der Waals surface area contributed by atoms with Crippen molar-refractivity contribution in [3.8, 4) is 0 Å². The largest absolute Gasteiger partial charge is 0.363 e. The number of alkyl halides is 4. The number of hydrogen-bond donors (Lipinski definition) is 12. The van der Waals surface area contributed by atoms with Gasteiger partial charge >= 0.3 is 18.1 Å². The van der Waals surface area contributed by atoms with E-state index in [1.807, 2.05) is 65.8 Å². The van der Waals surface area contributed by atoms with Crippen molar-refractivity contribution in [2.24, 2.45) is 111 Å². The van der Waals surface area contributed by atoms with E-state index in [4.69, 9.17) is 63.6 Å². The fourth-order valence-electron chi connectivity index (χ4n) is 23.9. The monoisotopic (exact) mass is 1810 g/mol. The van der Waals surface area contributed by atoms with Crippen molar-refractivity contribution in [2.75, 3.05) is 19.6 Å². The highest BCUT2D eigenvalue weighted by atomic mass is 35.5. The molecule has 3 aliphatic heterocycles. The predicted octanol–water partition coefficient (Wildman–Crippen LogP) is 7.65. The van der Waals surface area contributed by atoms with E-state index in [0.717, 1.165) is 140 Å². The SMILES string of the molecule is CC(C)(C)NC(=O)N[C@H](C(=O)N1C[C@H]2[C@@H]([C@H]1C(=O)NC(CC1CC1)C(=O)C(N)=O)C2(Cl)Cl)C1Cc2ccccc2C1.CC(C)(C)[C@H](NC(=O)NC12CC3CC(CC(C3)C1)C2)C(=O)N1C[C@H]2[C@@H]([C@H]1C(=O)NC(CC1CCC1)C(=O)C(N)=O)C2(C)C.NC(=O)C(=O)C(CC1CCC1)NC(=O)[C@@H]1[C@@H]2[C@H](CN1C(=O)[C@@H](NC(=O)NC1CCCCC1)C1CCCCC1)C2(Cl)Cl. The van der Waals surface area contributed by atoms with Gasteiger partial charge in [0.1, 0.15) is 44.9 Å². The summed E-state index contributed by atoms with van der Waals surface area (Å²) in [6.07, 6.45) is 26.5. The van der Waals surface area contributed by atoms with Crippen molar-refractivity contribution in [3.63, 3.8) is 0 Å². The third kappa shape index (κ3) is 20.7. The number of benzene rings is 1. The first kappa shape index (κ1) is 93.6. The van der Waals surface area contributed by atoms with Gasteiger partial charge in [0.2, 0.25) is 52.8 Å². The lowest BCUT2D eigenvalue weighted by molar-refractivity contribution is -0.145. The lowest BCUT2D eigenvalue weighted by Gasteiger charge is -2.56.